The number of aryl methyl sites for hydroxylation is 1. The van der Waals surface area contributed by atoms with Crippen LogP contribution in [0.2, 0.25) is 0 Å². The fourth-order valence-electron chi connectivity index (χ4n) is 2.99. The van der Waals surface area contributed by atoms with E-state index in [9.17, 15) is 9.59 Å². The SMILES string of the molecule is Cc1ccc(N2C[C@@H](C(=O)Nc3ccc(OC(C)C)cc3)CC2=O)cc1. The van der Waals surface area contributed by atoms with Crippen LogP contribution in [0.3, 0.4) is 0 Å². The Balaban J connectivity index is 1.62. The number of ether oxygens (including phenoxy) is 1. The molecule has 26 heavy (non-hydrogen) atoms. The van der Waals surface area contributed by atoms with Gasteiger partial charge in [-0.05, 0) is 57.2 Å². The van der Waals surface area contributed by atoms with Gasteiger partial charge in [-0.1, -0.05) is 17.7 Å². The summed E-state index contributed by atoms with van der Waals surface area (Å²) in [6, 6.07) is 15.0. The van der Waals surface area contributed by atoms with Crippen LogP contribution in [0.4, 0.5) is 11.4 Å². The average molecular weight is 352 g/mol. The summed E-state index contributed by atoms with van der Waals surface area (Å²) < 4.78 is 5.60. The fraction of sp³-hybridized carbons (Fsp3) is 0.333. The molecule has 1 fully saturated rings. The van der Waals surface area contributed by atoms with E-state index in [1.165, 1.54) is 0 Å². The van der Waals surface area contributed by atoms with Gasteiger partial charge in [0.25, 0.3) is 0 Å². The summed E-state index contributed by atoms with van der Waals surface area (Å²) >= 11 is 0. The molecule has 5 nitrogen and oxygen atoms in total. The van der Waals surface area contributed by atoms with Crippen molar-refractivity contribution in [2.75, 3.05) is 16.8 Å². The molecular formula is C21H24N2O3. The first-order valence-corrected chi connectivity index (χ1v) is 8.87. The number of amides is 2. The van der Waals surface area contributed by atoms with E-state index in [2.05, 4.69) is 5.32 Å². The minimum atomic E-state index is -0.351. The number of nitrogens with zero attached hydrogens (tertiary/aromatic N) is 1. The van der Waals surface area contributed by atoms with Crippen molar-refractivity contribution >= 4 is 23.2 Å². The summed E-state index contributed by atoms with van der Waals surface area (Å²) in [4.78, 5) is 26.5. The van der Waals surface area contributed by atoms with Gasteiger partial charge in [0, 0.05) is 24.3 Å². The molecule has 0 spiro atoms. The Hall–Kier alpha value is -2.82. The van der Waals surface area contributed by atoms with Crippen molar-refractivity contribution < 1.29 is 14.3 Å². The van der Waals surface area contributed by atoms with Gasteiger partial charge in [0.15, 0.2) is 0 Å². The first kappa shape index (κ1) is 18.0. The Labute approximate surface area is 154 Å². The monoisotopic (exact) mass is 352 g/mol. The molecule has 5 heteroatoms. The molecule has 2 aromatic carbocycles. The number of hydrogen-bond donors (Lipinski definition) is 1. The molecule has 1 N–H and O–H groups in total. The maximum Gasteiger partial charge on any atom is 0.229 e. The number of anilines is 2. The lowest BCUT2D eigenvalue weighted by atomic mass is 10.1. The molecule has 0 unspecified atom stereocenters. The molecule has 0 saturated carbocycles. The number of benzene rings is 2. The van der Waals surface area contributed by atoms with Gasteiger partial charge < -0.3 is 15.0 Å². The second-order valence-corrected chi connectivity index (χ2v) is 6.92. The van der Waals surface area contributed by atoms with Crippen molar-refractivity contribution in [3.05, 3.63) is 54.1 Å². The van der Waals surface area contributed by atoms with Crippen LogP contribution >= 0.6 is 0 Å². The smallest absolute Gasteiger partial charge is 0.229 e. The van der Waals surface area contributed by atoms with Gasteiger partial charge >= 0.3 is 0 Å². The van der Waals surface area contributed by atoms with Crippen molar-refractivity contribution in [2.45, 2.75) is 33.3 Å². The zero-order chi connectivity index (χ0) is 18.7. The normalized spacial score (nSPS) is 16.8. The second-order valence-electron chi connectivity index (χ2n) is 6.92. The minimum Gasteiger partial charge on any atom is -0.491 e. The third-order valence-corrected chi connectivity index (χ3v) is 4.34. The zero-order valence-electron chi connectivity index (χ0n) is 15.4. The summed E-state index contributed by atoms with van der Waals surface area (Å²) in [5, 5.41) is 2.89. The van der Waals surface area contributed by atoms with Gasteiger partial charge in [0.1, 0.15) is 5.75 Å². The molecule has 3 rings (SSSR count). The topological polar surface area (TPSA) is 58.6 Å². The molecule has 1 atom stereocenters. The molecule has 0 bridgehead atoms. The quantitative estimate of drug-likeness (QED) is 0.891. The standard InChI is InChI=1S/C21H24N2O3/c1-14(2)26-19-10-6-17(7-11-19)22-21(25)16-12-20(24)23(13-16)18-8-4-15(3)5-9-18/h4-11,14,16H,12-13H2,1-3H3,(H,22,25)/t16-/m0/s1. The largest absolute Gasteiger partial charge is 0.491 e. The highest BCUT2D eigenvalue weighted by molar-refractivity contribution is 6.03. The Morgan fingerprint density at radius 2 is 1.77 bits per heavy atom. The predicted octanol–water partition coefficient (Wildman–Crippen LogP) is 3.77. The van der Waals surface area contributed by atoms with Crippen molar-refractivity contribution in [1.29, 1.82) is 0 Å². The van der Waals surface area contributed by atoms with Crippen LogP contribution in [-0.4, -0.2) is 24.5 Å². The van der Waals surface area contributed by atoms with Gasteiger partial charge in [0.2, 0.25) is 11.8 Å². The highest BCUT2D eigenvalue weighted by atomic mass is 16.5. The molecule has 2 aromatic rings. The van der Waals surface area contributed by atoms with Gasteiger partial charge in [-0.15, -0.1) is 0 Å². The fourth-order valence-corrected chi connectivity index (χ4v) is 2.99. The lowest BCUT2D eigenvalue weighted by Crippen LogP contribution is -2.28. The van der Waals surface area contributed by atoms with E-state index in [-0.39, 0.29) is 30.3 Å². The van der Waals surface area contributed by atoms with E-state index in [1.807, 2.05) is 69.3 Å². The molecule has 136 valence electrons. The van der Waals surface area contributed by atoms with Crippen molar-refractivity contribution in [2.24, 2.45) is 5.92 Å². The van der Waals surface area contributed by atoms with E-state index in [4.69, 9.17) is 4.74 Å². The molecule has 2 amide bonds. The highest BCUT2D eigenvalue weighted by Gasteiger charge is 2.35. The molecule has 1 aliphatic rings. The molecule has 1 heterocycles. The minimum absolute atomic E-state index is 0.0188. The summed E-state index contributed by atoms with van der Waals surface area (Å²) in [6.07, 6.45) is 0.335. The number of rotatable bonds is 5. The van der Waals surface area contributed by atoms with Crippen LogP contribution in [0.15, 0.2) is 48.5 Å². The number of nitrogens with one attached hydrogen (secondary N) is 1. The van der Waals surface area contributed by atoms with E-state index in [1.54, 1.807) is 4.90 Å². The predicted molar refractivity (Wildman–Crippen MR) is 102 cm³/mol. The van der Waals surface area contributed by atoms with Gasteiger partial charge in [-0.25, -0.2) is 0 Å². The maximum absolute atomic E-state index is 12.5. The number of carbonyl (C=O) groups excluding carboxylic acids is 2. The van der Waals surface area contributed by atoms with Crippen LogP contribution in [0, 0.1) is 12.8 Å². The van der Waals surface area contributed by atoms with Crippen LogP contribution in [0.25, 0.3) is 0 Å². The third-order valence-electron chi connectivity index (χ3n) is 4.34. The molecular weight excluding hydrogens is 328 g/mol. The van der Waals surface area contributed by atoms with Gasteiger partial charge in [0.05, 0.1) is 12.0 Å². The van der Waals surface area contributed by atoms with Crippen molar-refractivity contribution in [1.82, 2.24) is 0 Å². The Bertz CT molecular complexity index is 782. The van der Waals surface area contributed by atoms with E-state index in [0.29, 0.717) is 12.2 Å². The maximum atomic E-state index is 12.5. The lowest BCUT2D eigenvalue weighted by Gasteiger charge is -2.17. The Morgan fingerprint density at radius 3 is 2.38 bits per heavy atom. The van der Waals surface area contributed by atoms with E-state index >= 15 is 0 Å². The summed E-state index contributed by atoms with van der Waals surface area (Å²) in [5.41, 5.74) is 2.68. The van der Waals surface area contributed by atoms with Crippen LogP contribution in [-0.2, 0) is 9.59 Å². The first-order chi connectivity index (χ1) is 12.4. The molecule has 1 aliphatic heterocycles. The van der Waals surface area contributed by atoms with Crippen LogP contribution < -0.4 is 15.0 Å². The first-order valence-electron chi connectivity index (χ1n) is 8.87. The second kappa shape index (κ2) is 7.60. The Kier molecular flexibility index (Phi) is 5.26. The lowest BCUT2D eigenvalue weighted by molar-refractivity contribution is -0.122. The molecule has 0 aromatic heterocycles. The summed E-state index contributed by atoms with van der Waals surface area (Å²) in [6.45, 7) is 6.34. The Morgan fingerprint density at radius 1 is 1.12 bits per heavy atom. The number of carbonyl (C=O) groups is 2. The average Bonchev–Trinajstić information content (AvgIpc) is 2.99. The van der Waals surface area contributed by atoms with Gasteiger partial charge in [-0.3, -0.25) is 9.59 Å². The third kappa shape index (κ3) is 4.23. The summed E-state index contributed by atoms with van der Waals surface area (Å²) in [7, 11) is 0. The number of hydrogen-bond acceptors (Lipinski definition) is 3. The zero-order valence-corrected chi connectivity index (χ0v) is 15.4. The van der Waals surface area contributed by atoms with Gasteiger partial charge in [-0.2, -0.15) is 0 Å². The van der Waals surface area contributed by atoms with E-state index in [0.717, 1.165) is 17.0 Å². The highest BCUT2D eigenvalue weighted by Crippen LogP contribution is 2.26. The molecule has 0 aliphatic carbocycles. The molecule has 0 radical (unpaired) electrons. The van der Waals surface area contributed by atoms with Crippen molar-refractivity contribution in [3.8, 4) is 5.75 Å². The van der Waals surface area contributed by atoms with Crippen LogP contribution in [0.1, 0.15) is 25.8 Å². The van der Waals surface area contributed by atoms with E-state index < -0.39 is 0 Å². The summed E-state index contributed by atoms with van der Waals surface area (Å²) in [5.74, 6) is 0.259. The van der Waals surface area contributed by atoms with Crippen LogP contribution in [0.5, 0.6) is 5.75 Å². The van der Waals surface area contributed by atoms with Crippen molar-refractivity contribution in [3.63, 3.8) is 0 Å². The molecule has 1 saturated heterocycles.